The van der Waals surface area contributed by atoms with E-state index in [1.807, 2.05) is 17.2 Å². The number of aromatic nitrogens is 2. The molecule has 0 amide bonds. The number of aromatic carboxylic acids is 1. The number of allylic oxidation sites excluding steroid dienone is 1. The predicted molar refractivity (Wildman–Crippen MR) is 161 cm³/mol. The molecule has 3 saturated carbocycles. The van der Waals surface area contributed by atoms with E-state index in [9.17, 15) is 4.79 Å². The Morgan fingerprint density at radius 2 is 1.85 bits per heavy atom. The lowest BCUT2D eigenvalue weighted by atomic mass is 9.33. The van der Waals surface area contributed by atoms with Crippen molar-refractivity contribution >= 4 is 22.7 Å². The van der Waals surface area contributed by atoms with Gasteiger partial charge in [0, 0.05) is 29.9 Å². The molecule has 3 aromatic rings. The van der Waals surface area contributed by atoms with Crippen LogP contribution < -0.4 is 10.5 Å². The van der Waals surface area contributed by atoms with E-state index in [2.05, 4.69) is 49.5 Å². The van der Waals surface area contributed by atoms with Crippen LogP contribution in [0.1, 0.15) is 83.5 Å². The molecule has 4 aliphatic rings. The second-order valence-corrected chi connectivity index (χ2v) is 13.3. The number of ether oxygens (including phenoxy) is 1. The molecule has 3 fully saturated rings. The van der Waals surface area contributed by atoms with Gasteiger partial charge in [0.15, 0.2) is 0 Å². The van der Waals surface area contributed by atoms with Crippen LogP contribution in [0.3, 0.4) is 0 Å². The van der Waals surface area contributed by atoms with Crippen molar-refractivity contribution in [2.75, 3.05) is 25.4 Å². The summed E-state index contributed by atoms with van der Waals surface area (Å²) in [6.45, 7) is 15.7. The minimum atomic E-state index is -1.07. The maximum atomic E-state index is 11.2. The second-order valence-electron chi connectivity index (χ2n) is 13.3. The number of carbonyl (C=O) groups is 1. The number of likely N-dealkylation sites (N-methyl/N-ethyl adjacent to an activating group) is 1. The van der Waals surface area contributed by atoms with Crippen molar-refractivity contribution in [1.29, 1.82) is 0 Å². The number of carboxylic acids is 1. The van der Waals surface area contributed by atoms with Crippen molar-refractivity contribution in [3.63, 3.8) is 0 Å². The number of benzene rings is 1. The zero-order chi connectivity index (χ0) is 28.7. The van der Waals surface area contributed by atoms with E-state index in [1.54, 1.807) is 12.3 Å². The number of H-pyrrole nitrogens is 1. The molecule has 2 bridgehead atoms. The van der Waals surface area contributed by atoms with Gasteiger partial charge in [-0.25, -0.2) is 9.78 Å². The molecule has 0 aliphatic heterocycles. The third kappa shape index (κ3) is 5.62. The highest BCUT2D eigenvalue weighted by atomic mass is 16.5. The van der Waals surface area contributed by atoms with Crippen LogP contribution in [-0.4, -0.2) is 45.6 Å². The number of anilines is 1. The maximum absolute atomic E-state index is 11.2. The Bertz CT molecular complexity index is 1410. The first-order valence-electron chi connectivity index (χ1n) is 14.6. The molecule has 0 unspecified atom stereocenters. The van der Waals surface area contributed by atoms with Crippen LogP contribution in [0.5, 0.6) is 11.5 Å². The fourth-order valence-electron chi connectivity index (χ4n) is 7.30. The molecule has 40 heavy (non-hydrogen) atoms. The number of nitrogens with one attached hydrogen (secondary N) is 1. The number of nitrogen functional groups attached to an aromatic ring is 1. The normalized spacial score (nSPS) is 24.6. The van der Waals surface area contributed by atoms with Crippen LogP contribution in [0.15, 0.2) is 53.9 Å². The van der Waals surface area contributed by atoms with Gasteiger partial charge >= 0.3 is 5.97 Å². The molecule has 1 aromatic carbocycles. The lowest BCUT2D eigenvalue weighted by Crippen LogP contribution is -2.61. The van der Waals surface area contributed by atoms with Crippen LogP contribution in [0.2, 0.25) is 0 Å². The fraction of sp³-hybridized carbons (Fsp3) is 0.515. The summed E-state index contributed by atoms with van der Waals surface area (Å²) in [4.78, 5) is 20.9. The number of hydrogen-bond acceptors (Lipinski definition) is 5. The van der Waals surface area contributed by atoms with E-state index < -0.39 is 5.97 Å². The molecule has 7 rings (SSSR count). The number of carboxylic acid groups (broad SMARTS) is 1. The van der Waals surface area contributed by atoms with E-state index in [1.165, 1.54) is 82.6 Å². The van der Waals surface area contributed by atoms with Gasteiger partial charge in [-0.1, -0.05) is 45.8 Å². The summed E-state index contributed by atoms with van der Waals surface area (Å²) in [5, 5.41) is 10.0. The van der Waals surface area contributed by atoms with Crippen molar-refractivity contribution in [3.8, 4) is 11.5 Å². The third-order valence-electron chi connectivity index (χ3n) is 9.27. The van der Waals surface area contributed by atoms with Gasteiger partial charge in [0.05, 0.1) is 6.20 Å². The van der Waals surface area contributed by atoms with Crippen molar-refractivity contribution in [2.45, 2.75) is 73.1 Å². The lowest BCUT2D eigenvalue weighted by Gasteiger charge is -2.72. The van der Waals surface area contributed by atoms with Gasteiger partial charge in [0.1, 0.15) is 22.7 Å². The van der Waals surface area contributed by atoms with Crippen LogP contribution >= 0.6 is 0 Å². The molecule has 7 heteroatoms. The van der Waals surface area contributed by atoms with Gasteiger partial charge in [-0.05, 0) is 92.1 Å². The van der Waals surface area contributed by atoms with E-state index in [0.29, 0.717) is 22.3 Å². The first kappa shape index (κ1) is 28.2. The second kappa shape index (κ2) is 10.6. The van der Waals surface area contributed by atoms with Gasteiger partial charge in [-0.15, -0.1) is 0 Å². The molecule has 0 atom stereocenters. The largest absolute Gasteiger partial charge is 0.478 e. The van der Waals surface area contributed by atoms with Crippen LogP contribution in [-0.2, 0) is 0 Å². The van der Waals surface area contributed by atoms with E-state index in [4.69, 9.17) is 15.6 Å². The molecule has 2 aromatic heterocycles. The molecule has 2 heterocycles. The first-order valence-corrected chi connectivity index (χ1v) is 14.6. The highest BCUT2D eigenvalue weighted by molar-refractivity contribution is 5.91. The average molecular weight is 545 g/mol. The Morgan fingerprint density at radius 3 is 2.50 bits per heavy atom. The summed E-state index contributed by atoms with van der Waals surface area (Å²) < 4.78 is 5.59. The zero-order valence-corrected chi connectivity index (χ0v) is 24.6. The van der Waals surface area contributed by atoms with Gasteiger partial charge in [-0.2, -0.15) is 0 Å². The molecule has 4 aliphatic carbocycles. The standard InChI is InChI=1S/C19H33N.C14H11N3O3/c1-6-20(7-2)11-15-8-9-17(3,4)10-16(15)19-12-18(5,13-19)14-19;15-9-1-2-11(14(18)19)12(6-9)20-10-5-8-3-4-16-13(8)17-7-10/h6-14H2,1-5H3;1-7H,15H2,(H,16,17)(H,18,19). The molecular weight excluding hydrogens is 500 g/mol. The summed E-state index contributed by atoms with van der Waals surface area (Å²) in [5.41, 5.74) is 12.5. The zero-order valence-electron chi connectivity index (χ0n) is 24.6. The molecule has 0 radical (unpaired) electrons. The predicted octanol–water partition coefficient (Wildman–Crippen LogP) is 7.66. The van der Waals surface area contributed by atoms with Crippen LogP contribution in [0.25, 0.3) is 11.0 Å². The number of hydrogen-bond donors (Lipinski definition) is 3. The number of fused-ring (bicyclic) bond motifs is 1. The van der Waals surface area contributed by atoms with Crippen molar-refractivity contribution in [2.24, 2.45) is 16.2 Å². The highest BCUT2D eigenvalue weighted by Crippen LogP contribution is 2.77. The summed E-state index contributed by atoms with van der Waals surface area (Å²) in [7, 11) is 0. The van der Waals surface area contributed by atoms with Crippen molar-refractivity contribution < 1.29 is 14.6 Å². The summed E-state index contributed by atoms with van der Waals surface area (Å²) in [6.07, 6.45) is 11.9. The Labute approximate surface area is 237 Å². The highest BCUT2D eigenvalue weighted by Gasteiger charge is 2.66. The summed E-state index contributed by atoms with van der Waals surface area (Å²) in [5.74, 6) is -0.435. The van der Waals surface area contributed by atoms with E-state index in [-0.39, 0.29) is 11.3 Å². The number of nitrogens with two attached hydrogens (primary N) is 1. The molecule has 7 nitrogen and oxygen atoms in total. The molecule has 0 saturated heterocycles. The molecule has 214 valence electrons. The van der Waals surface area contributed by atoms with Crippen LogP contribution in [0, 0.1) is 16.2 Å². The minimum absolute atomic E-state index is 0.0494. The Morgan fingerprint density at radius 1 is 1.12 bits per heavy atom. The van der Waals surface area contributed by atoms with Gasteiger partial charge in [0.2, 0.25) is 0 Å². The quantitative estimate of drug-likeness (QED) is 0.199. The van der Waals surface area contributed by atoms with Crippen LogP contribution in [0.4, 0.5) is 5.69 Å². The Kier molecular flexibility index (Phi) is 7.47. The van der Waals surface area contributed by atoms with E-state index in [0.717, 1.165) is 16.4 Å². The molecule has 4 N–H and O–H groups in total. The number of nitrogens with zero attached hydrogens (tertiary/aromatic N) is 2. The average Bonchev–Trinajstić information content (AvgIpc) is 3.33. The van der Waals surface area contributed by atoms with Crippen molar-refractivity contribution in [1.82, 2.24) is 14.9 Å². The summed E-state index contributed by atoms with van der Waals surface area (Å²) in [6, 6.07) is 8.03. The van der Waals surface area contributed by atoms with Gasteiger partial charge in [0.25, 0.3) is 0 Å². The monoisotopic (exact) mass is 544 g/mol. The molecule has 0 spiro atoms. The van der Waals surface area contributed by atoms with Gasteiger partial charge in [-0.3, -0.25) is 4.90 Å². The SMILES string of the molecule is CCN(CC)CC1=C(C23CC(C)(C2)C3)CC(C)(C)CC1.Nc1ccc(C(=O)O)c(Oc2cnc3[nH]ccc3c2)c1. The van der Waals surface area contributed by atoms with Crippen molar-refractivity contribution in [3.05, 3.63) is 59.4 Å². The smallest absolute Gasteiger partial charge is 0.339 e. The number of rotatable bonds is 8. The topological polar surface area (TPSA) is 104 Å². The Balaban J connectivity index is 0.000000161. The summed E-state index contributed by atoms with van der Waals surface area (Å²) >= 11 is 0. The number of aromatic amines is 1. The molecular formula is C33H44N4O3. The maximum Gasteiger partial charge on any atom is 0.339 e. The van der Waals surface area contributed by atoms with E-state index >= 15 is 0 Å². The Hall–Kier alpha value is -3.32. The third-order valence-corrected chi connectivity index (χ3v) is 9.27. The first-order chi connectivity index (χ1) is 18.9. The fourth-order valence-corrected chi connectivity index (χ4v) is 7.30. The lowest BCUT2D eigenvalue weighted by molar-refractivity contribution is -0.167. The van der Waals surface area contributed by atoms with Gasteiger partial charge < -0.3 is 20.6 Å². The minimum Gasteiger partial charge on any atom is -0.478 e. The number of pyridine rings is 1.